The Hall–Kier alpha value is -3.86. The third-order valence-corrected chi connectivity index (χ3v) is 11.3. The van der Waals surface area contributed by atoms with Crippen LogP contribution in [0.25, 0.3) is 0 Å². The summed E-state index contributed by atoms with van der Waals surface area (Å²) < 4.78 is 18.2. The SMILES string of the molecule is C/C=C\[S+]=CC1(O)CCC2C3CCC4=CC(=O)CCC4=C3C(c3ccc(C#CCOC(=O)Nc4ccc(F)cc4)cc3)CC21C. The van der Waals surface area contributed by atoms with Gasteiger partial charge in [0.25, 0.3) is 0 Å². The fourth-order valence-corrected chi connectivity index (χ4v) is 9.00. The zero-order valence-corrected chi connectivity index (χ0v) is 26.6. The fraction of sp³-hybridized carbons (Fsp3) is 0.395. The van der Waals surface area contributed by atoms with E-state index in [1.165, 1.54) is 46.5 Å². The van der Waals surface area contributed by atoms with Crippen LogP contribution in [-0.4, -0.2) is 34.6 Å². The number of hydrogen-bond acceptors (Lipinski definition) is 4. The number of halogens is 1. The molecule has 5 unspecified atom stereocenters. The lowest BCUT2D eigenvalue weighted by Gasteiger charge is -2.53. The van der Waals surface area contributed by atoms with E-state index in [9.17, 15) is 19.1 Å². The van der Waals surface area contributed by atoms with Crippen LogP contribution in [0.2, 0.25) is 0 Å². The number of carbonyl (C=O) groups is 2. The van der Waals surface area contributed by atoms with E-state index in [0.717, 1.165) is 44.1 Å². The van der Waals surface area contributed by atoms with Crippen molar-refractivity contribution in [2.45, 2.75) is 70.3 Å². The van der Waals surface area contributed by atoms with Gasteiger partial charge in [0.05, 0.1) is 0 Å². The maximum atomic E-state index is 13.1. The quantitative estimate of drug-likeness (QED) is 0.206. The zero-order valence-electron chi connectivity index (χ0n) is 25.8. The fourth-order valence-electron chi connectivity index (χ4n) is 8.15. The molecule has 0 heterocycles. The first-order valence-corrected chi connectivity index (χ1v) is 16.7. The van der Waals surface area contributed by atoms with Crippen LogP contribution in [0, 0.1) is 34.9 Å². The van der Waals surface area contributed by atoms with Gasteiger partial charge in [-0.05, 0) is 123 Å². The highest BCUT2D eigenvalue weighted by Crippen LogP contribution is 2.66. The standard InChI is InChI=1S/C38H38FNO4S/c1-3-21-45-24-38(43)19-18-34-32-16-10-27-22-30(41)15-17-31(27)35(32)33(23-37(34,38)2)26-8-6-25(7-9-26)5-4-20-44-36(42)40-29-13-11-28(39)12-14-29/h3,6-9,11-14,21-22,24,32-34,43H,10,15-20,23H2,1-2H3/p+1/b21-3-. The Labute approximate surface area is 268 Å². The average Bonchev–Trinajstić information content (AvgIpc) is 3.30. The molecule has 6 rings (SSSR count). The Balaban J connectivity index is 1.24. The second-order valence-electron chi connectivity index (χ2n) is 12.8. The highest BCUT2D eigenvalue weighted by atomic mass is 32.1. The molecule has 0 aromatic heterocycles. The van der Waals surface area contributed by atoms with E-state index >= 15 is 0 Å². The molecule has 0 bridgehead atoms. The molecule has 0 aliphatic heterocycles. The Morgan fingerprint density at radius 3 is 2.67 bits per heavy atom. The second-order valence-corrected chi connectivity index (χ2v) is 13.6. The van der Waals surface area contributed by atoms with Gasteiger partial charge in [0, 0.05) is 29.0 Å². The van der Waals surface area contributed by atoms with Crippen LogP contribution >= 0.6 is 0 Å². The topological polar surface area (TPSA) is 75.6 Å². The van der Waals surface area contributed by atoms with Crippen LogP contribution in [0.4, 0.5) is 14.9 Å². The predicted molar refractivity (Wildman–Crippen MR) is 178 cm³/mol. The molecule has 2 aromatic carbocycles. The number of benzene rings is 2. The summed E-state index contributed by atoms with van der Waals surface area (Å²) in [5.74, 6) is 6.76. The molecule has 2 fully saturated rings. The smallest absolute Gasteiger partial charge is 0.412 e. The van der Waals surface area contributed by atoms with E-state index < -0.39 is 11.7 Å². The number of anilines is 1. The van der Waals surface area contributed by atoms with Gasteiger partial charge in [-0.2, -0.15) is 0 Å². The van der Waals surface area contributed by atoms with Gasteiger partial charge in [-0.15, -0.1) is 0 Å². The molecule has 0 spiro atoms. The number of carbonyl (C=O) groups excluding carboxylic acids is 2. The highest BCUT2D eigenvalue weighted by Gasteiger charge is 2.63. The van der Waals surface area contributed by atoms with Crippen molar-refractivity contribution < 1.29 is 23.8 Å². The number of allylic oxidation sites excluding steroid dienone is 5. The van der Waals surface area contributed by atoms with Gasteiger partial charge >= 0.3 is 6.09 Å². The van der Waals surface area contributed by atoms with Crippen molar-refractivity contribution >= 4 is 34.3 Å². The molecule has 5 nitrogen and oxygen atoms in total. The Morgan fingerprint density at radius 1 is 1.13 bits per heavy atom. The van der Waals surface area contributed by atoms with Crippen molar-refractivity contribution in [1.82, 2.24) is 0 Å². The van der Waals surface area contributed by atoms with Crippen molar-refractivity contribution in [3.05, 3.63) is 99.8 Å². The van der Waals surface area contributed by atoms with Gasteiger partial charge < -0.3 is 9.84 Å². The minimum Gasteiger partial charge on any atom is -0.436 e. The third kappa shape index (κ3) is 6.19. The van der Waals surface area contributed by atoms with Crippen LogP contribution in [-0.2, 0) is 20.9 Å². The average molecular weight is 625 g/mol. The van der Waals surface area contributed by atoms with Gasteiger partial charge in [0.1, 0.15) is 11.4 Å². The molecule has 2 aromatic rings. The van der Waals surface area contributed by atoms with Gasteiger partial charge in [-0.25, -0.2) is 9.18 Å². The van der Waals surface area contributed by atoms with Crippen LogP contribution in [0.1, 0.15) is 75.8 Å². The van der Waals surface area contributed by atoms with E-state index in [2.05, 4.69) is 41.6 Å². The van der Waals surface area contributed by atoms with Crippen molar-refractivity contribution in [3.63, 3.8) is 0 Å². The number of fused-ring (bicyclic) bond motifs is 4. The molecule has 2 saturated carbocycles. The summed E-state index contributed by atoms with van der Waals surface area (Å²) in [5.41, 5.74) is 5.44. The number of rotatable bonds is 5. The number of hydrogen-bond donors (Lipinski definition) is 2. The molecule has 5 atom stereocenters. The predicted octanol–water partition coefficient (Wildman–Crippen LogP) is 7.47. The molecule has 1 amide bonds. The van der Waals surface area contributed by atoms with E-state index in [1.807, 2.05) is 36.6 Å². The van der Waals surface area contributed by atoms with E-state index in [1.54, 1.807) is 11.4 Å². The van der Waals surface area contributed by atoms with Crippen molar-refractivity contribution in [2.75, 3.05) is 11.9 Å². The first kappa shape index (κ1) is 31.1. The second kappa shape index (κ2) is 12.9. The van der Waals surface area contributed by atoms with Gasteiger partial charge in [0.2, 0.25) is 16.7 Å². The summed E-state index contributed by atoms with van der Waals surface area (Å²) in [6.45, 7) is 4.21. The monoisotopic (exact) mass is 624 g/mol. The molecule has 0 saturated heterocycles. The molecule has 4 aliphatic carbocycles. The first-order valence-electron chi connectivity index (χ1n) is 15.8. The Bertz CT molecular complexity index is 1660. The highest BCUT2D eigenvalue weighted by molar-refractivity contribution is 7.80. The maximum Gasteiger partial charge on any atom is 0.412 e. The lowest BCUT2D eigenvalue weighted by molar-refractivity contribution is -0.114. The van der Waals surface area contributed by atoms with E-state index in [0.29, 0.717) is 23.9 Å². The summed E-state index contributed by atoms with van der Waals surface area (Å²) in [6.07, 6.45) is 9.19. The number of ketones is 1. The van der Waals surface area contributed by atoms with Gasteiger partial charge in [0.15, 0.2) is 17.8 Å². The lowest BCUT2D eigenvalue weighted by atomic mass is 9.51. The largest absolute Gasteiger partial charge is 0.436 e. The van der Waals surface area contributed by atoms with Crippen molar-refractivity contribution in [3.8, 4) is 11.8 Å². The summed E-state index contributed by atoms with van der Waals surface area (Å²) in [7, 11) is 0. The normalized spacial score (nSPS) is 29.0. The molecular weight excluding hydrogens is 585 g/mol. The van der Waals surface area contributed by atoms with Crippen LogP contribution in [0.3, 0.4) is 0 Å². The molecular formula is C38H39FNO4S+. The summed E-state index contributed by atoms with van der Waals surface area (Å²) in [5, 5.41) is 18.8. The van der Waals surface area contributed by atoms with Gasteiger partial charge in [-0.3, -0.25) is 10.1 Å². The summed E-state index contributed by atoms with van der Waals surface area (Å²) in [6, 6.07) is 13.7. The van der Waals surface area contributed by atoms with Crippen LogP contribution in [0.15, 0.2) is 82.8 Å². The van der Waals surface area contributed by atoms with Gasteiger partial charge in [-0.1, -0.05) is 36.5 Å². The number of nitrogens with one attached hydrogen (secondary N) is 1. The molecule has 4 aliphatic rings. The first-order chi connectivity index (χ1) is 21.7. The lowest BCUT2D eigenvalue weighted by Crippen LogP contribution is -2.52. The van der Waals surface area contributed by atoms with Crippen molar-refractivity contribution in [2.24, 2.45) is 17.3 Å². The molecule has 232 valence electrons. The number of aliphatic hydroxyl groups is 1. The minimum absolute atomic E-state index is 0.0801. The third-order valence-electron chi connectivity index (χ3n) is 10.3. The van der Waals surface area contributed by atoms with Crippen LogP contribution < -0.4 is 5.32 Å². The molecule has 2 N–H and O–H groups in total. The van der Waals surface area contributed by atoms with Crippen LogP contribution in [0.5, 0.6) is 0 Å². The van der Waals surface area contributed by atoms with E-state index in [4.69, 9.17) is 4.74 Å². The Morgan fingerprint density at radius 2 is 1.91 bits per heavy atom. The van der Waals surface area contributed by atoms with E-state index in [-0.39, 0.29) is 29.5 Å². The number of ether oxygens (including phenoxy) is 1. The minimum atomic E-state index is -0.858. The maximum absolute atomic E-state index is 13.1. The molecule has 7 heteroatoms. The molecule has 45 heavy (non-hydrogen) atoms. The number of amides is 1. The zero-order chi connectivity index (χ0) is 31.6. The Kier molecular flexibility index (Phi) is 8.90. The summed E-state index contributed by atoms with van der Waals surface area (Å²) in [4.78, 5) is 24.4. The van der Waals surface area contributed by atoms with Crippen molar-refractivity contribution in [1.29, 1.82) is 0 Å². The summed E-state index contributed by atoms with van der Waals surface area (Å²) >= 11 is 1.58. The molecule has 0 radical (unpaired) electrons.